The zero-order valence-corrected chi connectivity index (χ0v) is 10.6. The SMILES string of the molecule is O=C(O)c1cn(CCN2CC3CCC(O)C3C2)nn1. The van der Waals surface area contributed by atoms with Crippen molar-refractivity contribution in [2.75, 3.05) is 19.6 Å². The van der Waals surface area contributed by atoms with E-state index in [4.69, 9.17) is 5.11 Å². The monoisotopic (exact) mass is 266 g/mol. The number of aliphatic hydroxyl groups is 1. The molecule has 1 aliphatic carbocycles. The molecule has 104 valence electrons. The normalized spacial score (nSPS) is 30.7. The fourth-order valence-corrected chi connectivity index (χ4v) is 3.26. The van der Waals surface area contributed by atoms with E-state index in [1.54, 1.807) is 4.68 Å². The van der Waals surface area contributed by atoms with Crippen molar-refractivity contribution >= 4 is 5.97 Å². The fourth-order valence-electron chi connectivity index (χ4n) is 3.26. The third-order valence-corrected chi connectivity index (χ3v) is 4.30. The summed E-state index contributed by atoms with van der Waals surface area (Å²) in [5.74, 6) is -0.00395. The van der Waals surface area contributed by atoms with E-state index in [1.165, 1.54) is 6.20 Å². The second kappa shape index (κ2) is 4.90. The second-order valence-corrected chi connectivity index (χ2v) is 5.50. The highest BCUT2D eigenvalue weighted by atomic mass is 16.4. The predicted octanol–water partition coefficient (Wildman–Crippen LogP) is -0.321. The number of aliphatic hydroxyl groups excluding tert-OH is 1. The molecule has 7 nitrogen and oxygen atoms in total. The largest absolute Gasteiger partial charge is 0.476 e. The average molecular weight is 266 g/mol. The van der Waals surface area contributed by atoms with Crippen LogP contribution in [-0.4, -0.2) is 61.8 Å². The molecule has 3 unspecified atom stereocenters. The van der Waals surface area contributed by atoms with Gasteiger partial charge in [0, 0.05) is 25.6 Å². The first-order valence-electron chi connectivity index (χ1n) is 6.67. The number of rotatable bonds is 4. The smallest absolute Gasteiger partial charge is 0.358 e. The number of carboxylic acids is 1. The van der Waals surface area contributed by atoms with Gasteiger partial charge in [-0.1, -0.05) is 5.21 Å². The lowest BCUT2D eigenvalue weighted by Crippen LogP contribution is -2.28. The summed E-state index contributed by atoms with van der Waals surface area (Å²) in [6.45, 7) is 3.42. The first kappa shape index (κ1) is 12.6. The first-order valence-corrected chi connectivity index (χ1v) is 6.67. The predicted molar refractivity (Wildman–Crippen MR) is 65.6 cm³/mol. The molecule has 19 heavy (non-hydrogen) atoms. The van der Waals surface area contributed by atoms with E-state index in [1.807, 2.05) is 0 Å². The maximum absolute atomic E-state index is 10.7. The van der Waals surface area contributed by atoms with Crippen molar-refractivity contribution in [1.29, 1.82) is 0 Å². The molecule has 0 amide bonds. The Balaban J connectivity index is 1.51. The van der Waals surface area contributed by atoms with Crippen molar-refractivity contribution in [1.82, 2.24) is 19.9 Å². The third kappa shape index (κ3) is 2.48. The fraction of sp³-hybridized carbons (Fsp3) is 0.750. The molecule has 2 heterocycles. The minimum Gasteiger partial charge on any atom is -0.476 e. The molecule has 1 saturated heterocycles. The quantitative estimate of drug-likeness (QED) is 0.776. The van der Waals surface area contributed by atoms with Crippen molar-refractivity contribution < 1.29 is 15.0 Å². The van der Waals surface area contributed by atoms with Crippen molar-refractivity contribution in [3.8, 4) is 0 Å². The van der Waals surface area contributed by atoms with Gasteiger partial charge >= 0.3 is 5.97 Å². The van der Waals surface area contributed by atoms with Crippen LogP contribution in [0.25, 0.3) is 0 Å². The molecule has 1 aromatic rings. The van der Waals surface area contributed by atoms with Crippen LogP contribution in [0.1, 0.15) is 23.3 Å². The highest BCUT2D eigenvalue weighted by molar-refractivity contribution is 5.84. The number of aromatic carboxylic acids is 1. The molecule has 3 rings (SSSR count). The second-order valence-electron chi connectivity index (χ2n) is 5.50. The van der Waals surface area contributed by atoms with Crippen LogP contribution in [-0.2, 0) is 6.54 Å². The number of hydrogen-bond donors (Lipinski definition) is 2. The zero-order chi connectivity index (χ0) is 13.4. The van der Waals surface area contributed by atoms with Crippen molar-refractivity contribution in [3.05, 3.63) is 11.9 Å². The van der Waals surface area contributed by atoms with E-state index in [0.717, 1.165) is 32.5 Å². The molecule has 3 atom stereocenters. The van der Waals surface area contributed by atoms with Crippen LogP contribution in [0.15, 0.2) is 6.20 Å². The number of carbonyl (C=O) groups is 1. The minimum atomic E-state index is -1.05. The van der Waals surface area contributed by atoms with E-state index in [9.17, 15) is 9.90 Å². The third-order valence-electron chi connectivity index (χ3n) is 4.30. The standard InChI is InChI=1S/C12H18N4O3/c17-11-2-1-8-5-15(6-9(8)11)3-4-16-7-10(12(18)19)13-14-16/h7-9,11,17H,1-6H2,(H,18,19). The van der Waals surface area contributed by atoms with Crippen molar-refractivity contribution in [2.45, 2.75) is 25.5 Å². The molecule has 2 N–H and O–H groups in total. The van der Waals surface area contributed by atoms with Crippen LogP contribution in [0.5, 0.6) is 0 Å². The molecule has 0 bridgehead atoms. The van der Waals surface area contributed by atoms with E-state index < -0.39 is 5.97 Å². The molecule has 1 aliphatic heterocycles. The Kier molecular flexibility index (Phi) is 3.24. The van der Waals surface area contributed by atoms with Gasteiger partial charge in [0.05, 0.1) is 18.8 Å². The van der Waals surface area contributed by atoms with Gasteiger partial charge in [0.15, 0.2) is 5.69 Å². The molecule has 0 aromatic carbocycles. The topological polar surface area (TPSA) is 91.5 Å². The molecule has 0 radical (unpaired) electrons. The molecule has 2 fully saturated rings. The Labute approximate surface area is 110 Å². The number of carboxylic acid groups (broad SMARTS) is 1. The Morgan fingerprint density at radius 2 is 2.21 bits per heavy atom. The molecule has 7 heteroatoms. The van der Waals surface area contributed by atoms with E-state index in [2.05, 4.69) is 15.2 Å². The van der Waals surface area contributed by atoms with Gasteiger partial charge in [-0.3, -0.25) is 4.68 Å². The van der Waals surface area contributed by atoms with Gasteiger partial charge in [-0.25, -0.2) is 4.79 Å². The Bertz CT molecular complexity index is 475. The highest BCUT2D eigenvalue weighted by Gasteiger charge is 2.41. The summed E-state index contributed by atoms with van der Waals surface area (Å²) in [5, 5.41) is 26.0. The van der Waals surface area contributed by atoms with Gasteiger partial charge in [-0.15, -0.1) is 5.10 Å². The summed E-state index contributed by atoms with van der Waals surface area (Å²) in [5.41, 5.74) is -0.0197. The Morgan fingerprint density at radius 1 is 1.37 bits per heavy atom. The number of aromatic nitrogens is 3. The maximum atomic E-state index is 10.7. The van der Waals surface area contributed by atoms with Crippen LogP contribution in [0, 0.1) is 11.8 Å². The lowest BCUT2D eigenvalue weighted by atomic mass is 10.00. The van der Waals surface area contributed by atoms with Crippen LogP contribution < -0.4 is 0 Å². The van der Waals surface area contributed by atoms with Crippen molar-refractivity contribution in [3.63, 3.8) is 0 Å². The van der Waals surface area contributed by atoms with Crippen LogP contribution in [0.4, 0.5) is 0 Å². The highest BCUT2D eigenvalue weighted by Crippen LogP contribution is 2.37. The van der Waals surface area contributed by atoms with E-state index in [-0.39, 0.29) is 11.8 Å². The summed E-state index contributed by atoms with van der Waals surface area (Å²) in [4.78, 5) is 13.0. The lowest BCUT2D eigenvalue weighted by molar-refractivity contribution is 0.0690. The van der Waals surface area contributed by atoms with Crippen LogP contribution >= 0.6 is 0 Å². The van der Waals surface area contributed by atoms with Gasteiger partial charge < -0.3 is 15.1 Å². The molecule has 1 saturated carbocycles. The van der Waals surface area contributed by atoms with Crippen molar-refractivity contribution in [2.24, 2.45) is 11.8 Å². The summed E-state index contributed by atoms with van der Waals surface area (Å²) >= 11 is 0. The van der Waals surface area contributed by atoms with Crippen LogP contribution in [0.3, 0.4) is 0 Å². The number of fused-ring (bicyclic) bond motifs is 1. The molecule has 0 spiro atoms. The van der Waals surface area contributed by atoms with Gasteiger partial charge in [-0.05, 0) is 18.8 Å². The molecular weight excluding hydrogens is 248 g/mol. The average Bonchev–Trinajstić information content (AvgIpc) is 3.05. The Hall–Kier alpha value is -1.47. The summed E-state index contributed by atoms with van der Waals surface area (Å²) in [7, 11) is 0. The minimum absolute atomic E-state index is 0.0197. The summed E-state index contributed by atoms with van der Waals surface area (Å²) in [6, 6.07) is 0. The first-order chi connectivity index (χ1) is 9.13. The molecule has 1 aromatic heterocycles. The van der Waals surface area contributed by atoms with E-state index >= 15 is 0 Å². The van der Waals surface area contributed by atoms with Gasteiger partial charge in [0.2, 0.25) is 0 Å². The molecular formula is C12H18N4O3. The lowest BCUT2D eigenvalue weighted by Gasteiger charge is -2.17. The van der Waals surface area contributed by atoms with Gasteiger partial charge in [0.1, 0.15) is 0 Å². The van der Waals surface area contributed by atoms with Crippen LogP contribution in [0.2, 0.25) is 0 Å². The summed E-state index contributed by atoms with van der Waals surface area (Å²) < 4.78 is 1.56. The number of hydrogen-bond acceptors (Lipinski definition) is 5. The summed E-state index contributed by atoms with van der Waals surface area (Å²) in [6.07, 6.45) is 3.37. The number of likely N-dealkylation sites (tertiary alicyclic amines) is 1. The maximum Gasteiger partial charge on any atom is 0.358 e. The Morgan fingerprint density at radius 3 is 2.89 bits per heavy atom. The van der Waals surface area contributed by atoms with Gasteiger partial charge in [0.25, 0.3) is 0 Å². The molecule has 2 aliphatic rings. The van der Waals surface area contributed by atoms with Gasteiger partial charge in [-0.2, -0.15) is 0 Å². The van der Waals surface area contributed by atoms with E-state index in [0.29, 0.717) is 18.4 Å². The number of nitrogens with zero attached hydrogens (tertiary/aromatic N) is 4. The zero-order valence-electron chi connectivity index (χ0n) is 10.6.